The molecule has 0 amide bonds. The molecule has 0 aromatic heterocycles. The molecule has 0 aromatic rings. The second kappa shape index (κ2) is 6.27. The van der Waals surface area contributed by atoms with E-state index in [0.29, 0.717) is 0 Å². The quantitative estimate of drug-likeness (QED) is 0.805. The Kier molecular flexibility index (Phi) is 4.33. The first-order valence-corrected chi connectivity index (χ1v) is 9.92. The van der Waals surface area contributed by atoms with E-state index in [1.165, 1.54) is 38.8 Å². The molecule has 0 spiro atoms. The number of nitrogens with zero attached hydrogens (tertiary/aromatic N) is 2. The average molecular weight is 322 g/mol. The van der Waals surface area contributed by atoms with Crippen LogP contribution >= 0.6 is 12.2 Å². The van der Waals surface area contributed by atoms with E-state index in [1.807, 2.05) is 0 Å². The highest BCUT2D eigenvalue weighted by Crippen LogP contribution is 2.55. The number of hydrogen-bond acceptors (Lipinski definition) is 2. The Bertz CT molecular complexity index is 389. The molecule has 5 aliphatic rings. The second-order valence-electron chi connectivity index (χ2n) is 8.18. The molecule has 4 aliphatic carbocycles. The summed E-state index contributed by atoms with van der Waals surface area (Å²) in [5.74, 6) is 4.22. The predicted octanol–water partition coefficient (Wildman–Crippen LogP) is 2.71. The third-order valence-corrected chi connectivity index (χ3v) is 7.13. The smallest absolute Gasteiger partial charge is 0.169 e. The van der Waals surface area contributed by atoms with E-state index in [0.717, 1.165) is 60.9 Å². The van der Waals surface area contributed by atoms with Crippen molar-refractivity contribution in [1.82, 2.24) is 15.1 Å². The minimum atomic E-state index is 0.909. The maximum atomic E-state index is 5.53. The van der Waals surface area contributed by atoms with Gasteiger partial charge in [0.1, 0.15) is 0 Å². The summed E-state index contributed by atoms with van der Waals surface area (Å²) in [4.78, 5) is 5.23. The Morgan fingerprint density at radius 3 is 2.09 bits per heavy atom. The molecule has 4 heteroatoms. The Hall–Kier alpha value is -0.350. The lowest BCUT2D eigenvalue weighted by molar-refractivity contribution is -0.0727. The highest BCUT2D eigenvalue weighted by Gasteiger charge is 2.50. The number of hydrogen-bond donors (Lipinski definition) is 1. The van der Waals surface area contributed by atoms with Gasteiger partial charge in [0, 0.05) is 38.8 Å². The fourth-order valence-electron chi connectivity index (χ4n) is 6.06. The van der Waals surface area contributed by atoms with Gasteiger partial charge in [-0.05, 0) is 74.4 Å². The van der Waals surface area contributed by atoms with Crippen LogP contribution in [0, 0.1) is 23.7 Å². The third kappa shape index (κ3) is 2.77. The van der Waals surface area contributed by atoms with Crippen LogP contribution in [0.5, 0.6) is 0 Å². The van der Waals surface area contributed by atoms with Crippen molar-refractivity contribution in [3.63, 3.8) is 0 Å². The molecule has 124 valence electrons. The number of nitrogens with one attached hydrogen (secondary N) is 1. The van der Waals surface area contributed by atoms with Crippen molar-refractivity contribution in [2.45, 2.75) is 51.5 Å². The molecule has 0 radical (unpaired) electrons. The summed E-state index contributed by atoms with van der Waals surface area (Å²) in [6.07, 6.45) is 8.85. The summed E-state index contributed by atoms with van der Waals surface area (Å²) in [5, 5.41) is 4.37. The predicted molar refractivity (Wildman–Crippen MR) is 94.9 cm³/mol. The molecule has 1 saturated heterocycles. The Labute approximate surface area is 140 Å². The van der Waals surface area contributed by atoms with Gasteiger partial charge in [-0.25, -0.2) is 0 Å². The molecular formula is C18H31N3S. The van der Waals surface area contributed by atoms with Gasteiger partial charge in [-0.1, -0.05) is 6.92 Å². The Morgan fingerprint density at radius 1 is 0.955 bits per heavy atom. The zero-order valence-electron chi connectivity index (χ0n) is 14.0. The number of thiocarbonyl (C=S) groups is 1. The summed E-state index contributed by atoms with van der Waals surface area (Å²) in [6.45, 7) is 7.90. The topological polar surface area (TPSA) is 18.5 Å². The highest BCUT2D eigenvalue weighted by molar-refractivity contribution is 7.80. The second-order valence-corrected chi connectivity index (χ2v) is 8.56. The Morgan fingerprint density at radius 2 is 1.55 bits per heavy atom. The van der Waals surface area contributed by atoms with Gasteiger partial charge in [0.15, 0.2) is 5.11 Å². The summed E-state index contributed by atoms with van der Waals surface area (Å²) < 4.78 is 0. The first kappa shape index (κ1) is 15.2. The molecule has 22 heavy (non-hydrogen) atoms. The van der Waals surface area contributed by atoms with Crippen LogP contribution in [0.1, 0.15) is 45.4 Å². The van der Waals surface area contributed by atoms with Crippen LogP contribution in [0.15, 0.2) is 0 Å². The van der Waals surface area contributed by atoms with Crippen molar-refractivity contribution in [3.8, 4) is 0 Å². The molecule has 0 unspecified atom stereocenters. The van der Waals surface area contributed by atoms with Gasteiger partial charge in [-0.2, -0.15) is 0 Å². The fraction of sp³-hybridized carbons (Fsp3) is 0.944. The van der Waals surface area contributed by atoms with E-state index in [1.54, 1.807) is 6.42 Å². The first-order chi connectivity index (χ1) is 10.7. The van der Waals surface area contributed by atoms with Gasteiger partial charge in [0.05, 0.1) is 0 Å². The van der Waals surface area contributed by atoms with E-state index in [9.17, 15) is 0 Å². The van der Waals surface area contributed by atoms with Crippen molar-refractivity contribution >= 4 is 17.3 Å². The normalized spacial score (nSPS) is 41.0. The standard InChI is InChI=1S/C18H31N3S/c1-2-3-19-18(22)21-6-4-20(5-7-21)17-15-9-13-8-14(11-15)12-16(17)10-13/h13-17H,2-12H2,1H3,(H,19,22). The maximum absolute atomic E-state index is 5.53. The molecule has 5 fully saturated rings. The van der Waals surface area contributed by atoms with Crippen LogP contribution in [0.25, 0.3) is 0 Å². The molecule has 3 nitrogen and oxygen atoms in total. The van der Waals surface area contributed by atoms with Crippen molar-refractivity contribution in [3.05, 3.63) is 0 Å². The molecule has 4 saturated carbocycles. The summed E-state index contributed by atoms with van der Waals surface area (Å²) in [6, 6.07) is 0.909. The molecule has 0 aromatic carbocycles. The van der Waals surface area contributed by atoms with Gasteiger partial charge in [0.2, 0.25) is 0 Å². The van der Waals surface area contributed by atoms with Crippen LogP contribution in [0.2, 0.25) is 0 Å². The molecule has 0 atom stereocenters. The van der Waals surface area contributed by atoms with Crippen molar-refractivity contribution < 1.29 is 0 Å². The lowest BCUT2D eigenvalue weighted by atomic mass is 9.54. The zero-order valence-corrected chi connectivity index (χ0v) is 14.8. The van der Waals surface area contributed by atoms with Gasteiger partial charge < -0.3 is 10.2 Å². The molecule has 4 bridgehead atoms. The van der Waals surface area contributed by atoms with Gasteiger partial charge in [-0.15, -0.1) is 0 Å². The number of piperazine rings is 1. The first-order valence-electron chi connectivity index (χ1n) is 9.51. The van der Waals surface area contributed by atoms with Crippen LogP contribution < -0.4 is 5.32 Å². The minimum absolute atomic E-state index is 0.909. The summed E-state index contributed by atoms with van der Waals surface area (Å²) in [5.41, 5.74) is 0. The molecule has 5 rings (SSSR count). The van der Waals surface area contributed by atoms with Crippen molar-refractivity contribution in [2.75, 3.05) is 32.7 Å². The third-order valence-electron chi connectivity index (χ3n) is 6.73. The minimum Gasteiger partial charge on any atom is -0.363 e. The van der Waals surface area contributed by atoms with Crippen LogP contribution in [-0.4, -0.2) is 53.7 Å². The lowest BCUT2D eigenvalue weighted by Crippen LogP contribution is -2.61. The summed E-state index contributed by atoms with van der Waals surface area (Å²) >= 11 is 5.53. The summed E-state index contributed by atoms with van der Waals surface area (Å²) in [7, 11) is 0. The largest absolute Gasteiger partial charge is 0.363 e. The van der Waals surface area contributed by atoms with Gasteiger partial charge >= 0.3 is 0 Å². The number of rotatable bonds is 3. The highest BCUT2D eigenvalue weighted by atomic mass is 32.1. The lowest BCUT2D eigenvalue weighted by Gasteiger charge is -2.58. The van der Waals surface area contributed by atoms with E-state index >= 15 is 0 Å². The van der Waals surface area contributed by atoms with E-state index in [4.69, 9.17) is 12.2 Å². The van der Waals surface area contributed by atoms with Crippen LogP contribution in [0.3, 0.4) is 0 Å². The van der Waals surface area contributed by atoms with E-state index in [-0.39, 0.29) is 0 Å². The van der Waals surface area contributed by atoms with Gasteiger partial charge in [-0.3, -0.25) is 4.90 Å². The Balaban J connectivity index is 1.33. The fourth-order valence-corrected chi connectivity index (χ4v) is 6.34. The molecule has 1 N–H and O–H groups in total. The van der Waals surface area contributed by atoms with Gasteiger partial charge in [0.25, 0.3) is 0 Å². The monoisotopic (exact) mass is 321 g/mol. The van der Waals surface area contributed by atoms with E-state index < -0.39 is 0 Å². The SMILES string of the molecule is CCCNC(=S)N1CCN(C2C3CC4CC(C3)CC2C4)CC1. The van der Waals surface area contributed by atoms with Crippen molar-refractivity contribution in [1.29, 1.82) is 0 Å². The maximum Gasteiger partial charge on any atom is 0.169 e. The average Bonchev–Trinajstić information content (AvgIpc) is 2.52. The zero-order chi connectivity index (χ0) is 15.1. The van der Waals surface area contributed by atoms with Crippen LogP contribution in [0.4, 0.5) is 0 Å². The molecule has 1 aliphatic heterocycles. The van der Waals surface area contributed by atoms with E-state index in [2.05, 4.69) is 22.0 Å². The van der Waals surface area contributed by atoms with Crippen LogP contribution in [-0.2, 0) is 0 Å². The molecule has 1 heterocycles. The van der Waals surface area contributed by atoms with Crippen molar-refractivity contribution in [2.24, 2.45) is 23.7 Å². The molecular weight excluding hydrogens is 290 g/mol.